The number of Topliss-reactive ketones (excluding diaryl/α,β-unsaturated/α-hetero) is 1. The summed E-state index contributed by atoms with van der Waals surface area (Å²) in [4.78, 5) is 11.8. The van der Waals surface area contributed by atoms with Gasteiger partial charge in [0.1, 0.15) is 0 Å². The Bertz CT molecular complexity index is 425. The molecular weight excluding hydrogens is 255 g/mol. The quantitative estimate of drug-likeness (QED) is 0.895. The van der Waals surface area contributed by atoms with Crippen molar-refractivity contribution in [1.29, 1.82) is 0 Å². The minimum atomic E-state index is -4.35. The van der Waals surface area contributed by atoms with E-state index < -0.39 is 17.8 Å². The van der Waals surface area contributed by atoms with Crippen molar-refractivity contribution in [3.05, 3.63) is 35.4 Å². The van der Waals surface area contributed by atoms with E-state index in [2.05, 4.69) is 0 Å². The van der Waals surface area contributed by atoms with Crippen molar-refractivity contribution >= 4 is 5.78 Å². The second-order valence-electron chi connectivity index (χ2n) is 4.75. The van der Waals surface area contributed by atoms with Crippen LogP contribution in [0.4, 0.5) is 13.2 Å². The van der Waals surface area contributed by atoms with Gasteiger partial charge in [0.25, 0.3) is 0 Å². The maximum Gasteiger partial charge on any atom is 0.416 e. The van der Waals surface area contributed by atoms with Crippen LogP contribution in [-0.2, 0) is 17.4 Å². The van der Waals surface area contributed by atoms with E-state index in [1.54, 1.807) is 0 Å². The van der Waals surface area contributed by atoms with Crippen molar-refractivity contribution in [2.75, 3.05) is 0 Å². The van der Waals surface area contributed by atoms with Gasteiger partial charge in [-0.1, -0.05) is 32.4 Å². The molecular formula is C14H18F3NO. The molecule has 2 N–H and O–H groups in total. The van der Waals surface area contributed by atoms with Gasteiger partial charge < -0.3 is 5.73 Å². The number of rotatable bonds is 5. The molecule has 1 rings (SSSR count). The molecule has 2 nitrogen and oxygen atoms in total. The maximum atomic E-state index is 12.4. The van der Waals surface area contributed by atoms with Crippen molar-refractivity contribution in [3.8, 4) is 0 Å². The summed E-state index contributed by atoms with van der Waals surface area (Å²) in [5.41, 5.74) is 5.63. The average molecular weight is 273 g/mol. The monoisotopic (exact) mass is 273 g/mol. The molecule has 0 aromatic heterocycles. The van der Waals surface area contributed by atoms with Crippen LogP contribution in [0.1, 0.15) is 31.4 Å². The minimum absolute atomic E-state index is 0.0712. The molecule has 0 radical (unpaired) electrons. The summed E-state index contributed by atoms with van der Waals surface area (Å²) >= 11 is 0. The van der Waals surface area contributed by atoms with Gasteiger partial charge in [0.2, 0.25) is 0 Å². The van der Waals surface area contributed by atoms with E-state index >= 15 is 0 Å². The van der Waals surface area contributed by atoms with Crippen LogP contribution in [0.25, 0.3) is 0 Å². The highest BCUT2D eigenvalue weighted by atomic mass is 19.4. The zero-order chi connectivity index (χ0) is 14.6. The lowest BCUT2D eigenvalue weighted by molar-refractivity contribution is -0.137. The summed E-state index contributed by atoms with van der Waals surface area (Å²) in [7, 11) is 0. The molecule has 1 aromatic rings. The van der Waals surface area contributed by atoms with Crippen LogP contribution in [0.5, 0.6) is 0 Å². The molecule has 1 aromatic carbocycles. The molecule has 0 amide bonds. The molecule has 0 fully saturated rings. The topological polar surface area (TPSA) is 43.1 Å². The Morgan fingerprint density at radius 2 is 1.79 bits per heavy atom. The van der Waals surface area contributed by atoms with Gasteiger partial charge in [0, 0.05) is 6.42 Å². The summed E-state index contributed by atoms with van der Waals surface area (Å²) in [6.45, 7) is 3.82. The molecule has 2 atom stereocenters. The zero-order valence-electron chi connectivity index (χ0n) is 11.0. The van der Waals surface area contributed by atoms with E-state index in [0.717, 1.165) is 18.6 Å². The number of carbonyl (C=O) groups is 1. The first-order valence-electron chi connectivity index (χ1n) is 6.20. The molecule has 0 aliphatic rings. The lowest BCUT2D eigenvalue weighted by Crippen LogP contribution is -2.37. The van der Waals surface area contributed by atoms with Gasteiger partial charge in [-0.3, -0.25) is 4.79 Å². The highest BCUT2D eigenvalue weighted by Gasteiger charge is 2.30. The highest BCUT2D eigenvalue weighted by Crippen LogP contribution is 2.29. The molecule has 2 unspecified atom stereocenters. The third-order valence-electron chi connectivity index (χ3n) is 3.29. The fourth-order valence-corrected chi connectivity index (χ4v) is 1.70. The SMILES string of the molecule is CCC(C)C(N)C(=O)Cc1ccc(C(F)(F)F)cc1. The molecule has 0 bridgehead atoms. The van der Waals surface area contributed by atoms with Crippen molar-refractivity contribution in [2.45, 2.75) is 38.9 Å². The number of hydrogen-bond acceptors (Lipinski definition) is 2. The van der Waals surface area contributed by atoms with Crippen LogP contribution in [-0.4, -0.2) is 11.8 Å². The first-order valence-corrected chi connectivity index (χ1v) is 6.20. The Morgan fingerprint density at radius 1 is 1.26 bits per heavy atom. The first-order chi connectivity index (χ1) is 8.75. The van der Waals surface area contributed by atoms with Gasteiger partial charge in [-0.2, -0.15) is 13.2 Å². The van der Waals surface area contributed by atoms with E-state index in [9.17, 15) is 18.0 Å². The predicted molar refractivity (Wildman–Crippen MR) is 67.6 cm³/mol. The number of carbonyl (C=O) groups excluding carboxylic acids is 1. The van der Waals surface area contributed by atoms with E-state index in [1.165, 1.54) is 12.1 Å². The Kier molecular flexibility index (Phi) is 5.11. The fraction of sp³-hybridized carbons (Fsp3) is 0.500. The Hall–Kier alpha value is -1.36. The molecule has 0 heterocycles. The van der Waals surface area contributed by atoms with Gasteiger partial charge >= 0.3 is 6.18 Å². The van der Waals surface area contributed by atoms with Crippen molar-refractivity contribution < 1.29 is 18.0 Å². The minimum Gasteiger partial charge on any atom is -0.321 e. The van der Waals surface area contributed by atoms with Gasteiger partial charge in [-0.25, -0.2) is 0 Å². The van der Waals surface area contributed by atoms with Gasteiger partial charge in [-0.15, -0.1) is 0 Å². The van der Waals surface area contributed by atoms with Crippen LogP contribution in [0.15, 0.2) is 24.3 Å². The Balaban J connectivity index is 2.71. The molecule has 0 saturated heterocycles. The summed E-state index contributed by atoms with van der Waals surface area (Å²) in [6.07, 6.45) is -3.49. The van der Waals surface area contributed by atoms with Crippen LogP contribution >= 0.6 is 0 Å². The third kappa shape index (κ3) is 4.35. The van der Waals surface area contributed by atoms with Gasteiger partial charge in [-0.05, 0) is 23.6 Å². The summed E-state index contributed by atoms with van der Waals surface area (Å²) < 4.78 is 37.1. The molecule has 0 saturated carbocycles. The Morgan fingerprint density at radius 3 is 2.21 bits per heavy atom. The average Bonchev–Trinajstić information content (AvgIpc) is 2.36. The number of hydrogen-bond donors (Lipinski definition) is 1. The Labute approximate surface area is 110 Å². The smallest absolute Gasteiger partial charge is 0.321 e. The molecule has 0 aliphatic heterocycles. The largest absolute Gasteiger partial charge is 0.416 e. The van der Waals surface area contributed by atoms with E-state index in [-0.39, 0.29) is 18.1 Å². The molecule has 0 spiro atoms. The van der Waals surface area contributed by atoms with E-state index in [4.69, 9.17) is 5.73 Å². The molecule has 19 heavy (non-hydrogen) atoms. The second kappa shape index (κ2) is 6.19. The predicted octanol–water partition coefficient (Wildman–Crippen LogP) is 3.19. The third-order valence-corrected chi connectivity index (χ3v) is 3.29. The van der Waals surface area contributed by atoms with Crippen LogP contribution in [0, 0.1) is 5.92 Å². The van der Waals surface area contributed by atoms with Crippen LogP contribution in [0.3, 0.4) is 0 Å². The lowest BCUT2D eigenvalue weighted by atomic mass is 9.93. The van der Waals surface area contributed by atoms with Crippen molar-refractivity contribution in [2.24, 2.45) is 11.7 Å². The fourth-order valence-electron chi connectivity index (χ4n) is 1.70. The zero-order valence-corrected chi connectivity index (χ0v) is 11.0. The van der Waals surface area contributed by atoms with Crippen molar-refractivity contribution in [3.63, 3.8) is 0 Å². The van der Waals surface area contributed by atoms with E-state index in [0.29, 0.717) is 5.56 Å². The van der Waals surface area contributed by atoms with Crippen LogP contribution in [0.2, 0.25) is 0 Å². The number of halogens is 3. The number of benzene rings is 1. The van der Waals surface area contributed by atoms with E-state index in [1.807, 2.05) is 13.8 Å². The highest BCUT2D eigenvalue weighted by molar-refractivity contribution is 5.86. The van der Waals surface area contributed by atoms with Gasteiger partial charge in [0.15, 0.2) is 5.78 Å². The normalized spacial score (nSPS) is 15.1. The number of ketones is 1. The maximum absolute atomic E-state index is 12.4. The van der Waals surface area contributed by atoms with Crippen molar-refractivity contribution in [1.82, 2.24) is 0 Å². The standard InChI is InChI=1S/C14H18F3NO/c1-3-9(2)13(18)12(19)8-10-4-6-11(7-5-10)14(15,16)17/h4-7,9,13H,3,8,18H2,1-2H3. The molecule has 0 aliphatic carbocycles. The summed E-state index contributed by atoms with van der Waals surface area (Å²) in [6, 6.07) is 4.05. The number of alkyl halides is 3. The van der Waals surface area contributed by atoms with Gasteiger partial charge in [0.05, 0.1) is 11.6 Å². The molecule has 5 heteroatoms. The number of nitrogens with two attached hydrogens (primary N) is 1. The summed E-state index contributed by atoms with van der Waals surface area (Å²) in [5, 5.41) is 0. The lowest BCUT2D eigenvalue weighted by Gasteiger charge is -2.17. The first kappa shape index (κ1) is 15.7. The second-order valence-corrected chi connectivity index (χ2v) is 4.75. The van der Waals surface area contributed by atoms with Crippen LogP contribution < -0.4 is 5.73 Å². The molecule has 106 valence electrons. The summed E-state index contributed by atoms with van der Waals surface area (Å²) in [5.74, 6) is -0.0731.